The van der Waals surface area contributed by atoms with E-state index < -0.39 is 6.10 Å². The van der Waals surface area contributed by atoms with E-state index in [0.717, 1.165) is 11.1 Å². The normalized spacial score (nSPS) is 10.4. The highest BCUT2D eigenvalue weighted by atomic mass is 19.1. The van der Waals surface area contributed by atoms with Gasteiger partial charge in [0.15, 0.2) is 5.78 Å². The van der Waals surface area contributed by atoms with Crippen LogP contribution in [0.25, 0.3) is 6.08 Å². The van der Waals surface area contributed by atoms with Gasteiger partial charge >= 0.3 is 0 Å². The summed E-state index contributed by atoms with van der Waals surface area (Å²) >= 11 is 0. The van der Waals surface area contributed by atoms with E-state index in [-0.39, 0.29) is 11.6 Å². The lowest BCUT2D eigenvalue weighted by Crippen LogP contribution is -1.96. The largest absolute Gasteiger partial charge is 0.384 e. The minimum absolute atomic E-state index is 0.182. The molecule has 166 valence electrons. The molecule has 0 aliphatic rings. The van der Waals surface area contributed by atoms with Crippen LogP contribution in [0.1, 0.15) is 87.5 Å². The van der Waals surface area contributed by atoms with Crippen LogP contribution >= 0.6 is 0 Å². The Balaban J connectivity index is 0. The van der Waals surface area contributed by atoms with Crippen molar-refractivity contribution in [3.63, 3.8) is 0 Å². The summed E-state index contributed by atoms with van der Waals surface area (Å²) in [6, 6.07) is 11.5. The molecule has 2 nitrogen and oxygen atoms in total. The number of allylic oxidation sites excluding steroid dienone is 1. The van der Waals surface area contributed by atoms with Crippen LogP contribution in [0, 0.1) is 12.7 Å². The SMILES string of the molecule is C=CC(O)c1ccc(/C=C/C(=O)c2ccc(F)c(C)c2)cc1.CC.CCC.CCC. The Morgan fingerprint density at radius 1 is 1.03 bits per heavy atom. The zero-order valence-corrected chi connectivity index (χ0v) is 19.7. The van der Waals surface area contributed by atoms with Crippen molar-refractivity contribution >= 4 is 11.9 Å². The fraction of sp³-hybridized carbons (Fsp3) is 0.370. The first-order chi connectivity index (χ1) is 14.3. The highest BCUT2D eigenvalue weighted by Gasteiger charge is 2.05. The molecule has 0 aliphatic carbocycles. The molecule has 0 spiro atoms. The molecule has 30 heavy (non-hydrogen) atoms. The Labute approximate surface area is 183 Å². The summed E-state index contributed by atoms with van der Waals surface area (Å²) in [5, 5.41) is 9.61. The van der Waals surface area contributed by atoms with E-state index in [2.05, 4.69) is 34.3 Å². The van der Waals surface area contributed by atoms with Gasteiger partial charge in [0.2, 0.25) is 0 Å². The van der Waals surface area contributed by atoms with Gasteiger partial charge in [0.05, 0.1) is 6.10 Å². The van der Waals surface area contributed by atoms with Gasteiger partial charge in [-0.25, -0.2) is 4.39 Å². The summed E-state index contributed by atoms with van der Waals surface area (Å²) in [6.45, 7) is 17.7. The molecule has 0 amide bonds. The number of carbonyl (C=O) groups is 1. The predicted molar refractivity (Wildman–Crippen MR) is 129 cm³/mol. The number of carbonyl (C=O) groups excluding carboxylic acids is 1. The zero-order chi connectivity index (χ0) is 23.5. The molecule has 3 heteroatoms. The van der Waals surface area contributed by atoms with Crippen LogP contribution < -0.4 is 0 Å². The first kappa shape index (κ1) is 29.7. The summed E-state index contributed by atoms with van der Waals surface area (Å²) in [6.07, 6.45) is 6.39. The Morgan fingerprint density at radius 2 is 1.53 bits per heavy atom. The lowest BCUT2D eigenvalue weighted by molar-refractivity contribution is 0.104. The minimum atomic E-state index is -0.693. The third kappa shape index (κ3) is 12.1. The number of aliphatic hydroxyl groups is 1. The van der Waals surface area contributed by atoms with Crippen LogP contribution in [0.5, 0.6) is 0 Å². The van der Waals surface area contributed by atoms with Crippen molar-refractivity contribution < 1.29 is 14.3 Å². The van der Waals surface area contributed by atoms with E-state index >= 15 is 0 Å². The molecule has 0 heterocycles. The predicted octanol–water partition coefficient (Wildman–Crippen LogP) is 8.11. The Kier molecular flexibility index (Phi) is 18.3. The van der Waals surface area contributed by atoms with Crippen LogP contribution in [0.2, 0.25) is 0 Å². The van der Waals surface area contributed by atoms with Crippen LogP contribution in [0.15, 0.2) is 61.2 Å². The summed E-state index contributed by atoms with van der Waals surface area (Å²) < 4.78 is 13.2. The molecule has 1 atom stereocenters. The molecule has 0 bridgehead atoms. The molecule has 1 N–H and O–H groups in total. The Hall–Kier alpha value is -2.52. The highest BCUT2D eigenvalue weighted by Crippen LogP contribution is 2.16. The van der Waals surface area contributed by atoms with Gasteiger partial charge in [0.1, 0.15) is 5.82 Å². The summed E-state index contributed by atoms with van der Waals surface area (Å²) in [5.41, 5.74) is 2.48. The monoisotopic (exact) mass is 414 g/mol. The van der Waals surface area contributed by atoms with Crippen molar-refractivity contribution in [3.05, 3.63) is 89.3 Å². The fourth-order valence-electron chi connectivity index (χ4n) is 2.01. The van der Waals surface area contributed by atoms with Crippen LogP contribution in [0.3, 0.4) is 0 Å². The first-order valence-electron chi connectivity index (χ1n) is 10.7. The van der Waals surface area contributed by atoms with Crippen molar-refractivity contribution in [1.82, 2.24) is 0 Å². The molecule has 2 aromatic carbocycles. The van der Waals surface area contributed by atoms with Crippen molar-refractivity contribution in [2.75, 3.05) is 0 Å². The summed E-state index contributed by atoms with van der Waals surface area (Å²) in [7, 11) is 0. The van der Waals surface area contributed by atoms with E-state index in [1.807, 2.05) is 26.0 Å². The van der Waals surface area contributed by atoms with E-state index in [1.165, 1.54) is 43.2 Å². The topological polar surface area (TPSA) is 37.3 Å². The van der Waals surface area contributed by atoms with Crippen molar-refractivity contribution in [1.29, 1.82) is 0 Å². The molecule has 1 unspecified atom stereocenters. The second kappa shape index (κ2) is 18.5. The zero-order valence-electron chi connectivity index (χ0n) is 19.7. The second-order valence-electron chi connectivity index (χ2n) is 6.42. The van der Waals surface area contributed by atoms with Gasteiger partial charge in [-0.05, 0) is 47.9 Å². The van der Waals surface area contributed by atoms with Crippen molar-refractivity contribution in [2.45, 2.75) is 67.4 Å². The average molecular weight is 415 g/mol. The molecular formula is C27H39FO2. The molecule has 0 saturated heterocycles. The number of hydrogen-bond acceptors (Lipinski definition) is 2. The fourth-order valence-corrected chi connectivity index (χ4v) is 2.01. The third-order valence-electron chi connectivity index (χ3n) is 3.37. The molecule has 0 fully saturated rings. The van der Waals surface area contributed by atoms with Gasteiger partial charge in [0, 0.05) is 5.56 Å². The molecule has 2 aromatic rings. The maximum atomic E-state index is 13.2. The second-order valence-corrected chi connectivity index (χ2v) is 6.42. The summed E-state index contributed by atoms with van der Waals surface area (Å²) in [5.74, 6) is -0.504. The van der Waals surface area contributed by atoms with Gasteiger partial charge in [-0.3, -0.25) is 4.79 Å². The standard InChI is InChI=1S/C19H17FO2.2C3H8.C2H6/c1-3-18(21)15-7-4-14(5-8-15)6-11-19(22)16-9-10-17(20)13(2)12-16;2*1-3-2;1-2/h3-12,18,21H,1H2,2H3;2*3H2,1-2H3;1-2H3/b11-6+;;;. The molecule has 0 radical (unpaired) electrons. The Bertz CT molecular complexity index is 744. The van der Waals surface area contributed by atoms with E-state index in [0.29, 0.717) is 11.1 Å². The molecule has 0 aromatic heterocycles. The summed E-state index contributed by atoms with van der Waals surface area (Å²) in [4.78, 5) is 12.0. The van der Waals surface area contributed by atoms with Gasteiger partial charge in [-0.15, -0.1) is 6.58 Å². The first-order valence-corrected chi connectivity index (χ1v) is 10.7. The maximum Gasteiger partial charge on any atom is 0.185 e. The number of aryl methyl sites for hydroxylation is 1. The average Bonchev–Trinajstić information content (AvgIpc) is 2.76. The number of ketones is 1. The number of halogens is 1. The number of rotatable bonds is 5. The maximum absolute atomic E-state index is 13.2. The molecule has 0 aliphatic heterocycles. The van der Waals surface area contributed by atoms with Crippen LogP contribution in [-0.2, 0) is 0 Å². The number of benzene rings is 2. The third-order valence-corrected chi connectivity index (χ3v) is 3.37. The lowest BCUT2D eigenvalue weighted by atomic mass is 10.0. The van der Waals surface area contributed by atoms with E-state index in [4.69, 9.17) is 0 Å². The Morgan fingerprint density at radius 3 is 1.97 bits per heavy atom. The quantitative estimate of drug-likeness (QED) is 0.305. The van der Waals surface area contributed by atoms with Gasteiger partial charge in [-0.2, -0.15) is 0 Å². The highest BCUT2D eigenvalue weighted by molar-refractivity contribution is 6.06. The van der Waals surface area contributed by atoms with Crippen molar-refractivity contribution in [2.24, 2.45) is 0 Å². The smallest absolute Gasteiger partial charge is 0.185 e. The number of hydrogen-bond donors (Lipinski definition) is 1. The van der Waals surface area contributed by atoms with Crippen LogP contribution in [0.4, 0.5) is 4.39 Å². The lowest BCUT2D eigenvalue weighted by Gasteiger charge is -2.05. The van der Waals surface area contributed by atoms with Gasteiger partial charge < -0.3 is 5.11 Å². The minimum Gasteiger partial charge on any atom is -0.384 e. The van der Waals surface area contributed by atoms with E-state index in [1.54, 1.807) is 25.1 Å². The van der Waals surface area contributed by atoms with Crippen LogP contribution in [-0.4, -0.2) is 10.9 Å². The number of aliphatic hydroxyl groups excluding tert-OH is 1. The van der Waals surface area contributed by atoms with Gasteiger partial charge in [-0.1, -0.05) is 90.8 Å². The molecule has 2 rings (SSSR count). The van der Waals surface area contributed by atoms with Crippen molar-refractivity contribution in [3.8, 4) is 0 Å². The van der Waals surface area contributed by atoms with Gasteiger partial charge in [0.25, 0.3) is 0 Å². The van der Waals surface area contributed by atoms with E-state index in [9.17, 15) is 14.3 Å². The molecular weight excluding hydrogens is 375 g/mol. The molecule has 0 saturated carbocycles.